The lowest BCUT2D eigenvalue weighted by molar-refractivity contribution is -0.146. The van der Waals surface area contributed by atoms with Crippen molar-refractivity contribution in [3.8, 4) is 0 Å². The van der Waals surface area contributed by atoms with Gasteiger partial charge in [-0.2, -0.15) is 0 Å². The number of benzene rings is 1. The molecule has 1 heterocycles. The first-order valence-corrected chi connectivity index (χ1v) is 7.65. The van der Waals surface area contributed by atoms with Gasteiger partial charge in [-0.3, -0.25) is 9.59 Å². The molecular formula is C15H18Cl2N2O2. The van der Waals surface area contributed by atoms with Crippen molar-refractivity contribution in [3.05, 3.63) is 33.8 Å². The van der Waals surface area contributed by atoms with Crippen molar-refractivity contribution in [2.24, 2.45) is 5.92 Å². The molecule has 1 aromatic rings. The fourth-order valence-electron chi connectivity index (χ4n) is 2.41. The fraction of sp³-hybridized carbons (Fsp3) is 0.467. The molecule has 0 aromatic heterocycles. The van der Waals surface area contributed by atoms with Gasteiger partial charge in [-0.1, -0.05) is 43.1 Å². The van der Waals surface area contributed by atoms with Gasteiger partial charge in [0.15, 0.2) is 0 Å². The number of rotatable bonds is 4. The normalized spacial score (nSPS) is 19.1. The van der Waals surface area contributed by atoms with E-state index < -0.39 is 6.04 Å². The Morgan fingerprint density at radius 2 is 2.05 bits per heavy atom. The van der Waals surface area contributed by atoms with Crippen molar-refractivity contribution >= 4 is 35.0 Å². The number of nitrogens with zero attached hydrogens (tertiary/aromatic N) is 1. The summed E-state index contributed by atoms with van der Waals surface area (Å²) in [5.74, 6) is 0.120. The predicted octanol–water partition coefficient (Wildman–Crippen LogP) is 2.87. The van der Waals surface area contributed by atoms with E-state index in [-0.39, 0.29) is 18.4 Å². The number of piperazine rings is 1. The number of nitrogens with one attached hydrogen (secondary N) is 1. The molecule has 21 heavy (non-hydrogen) atoms. The van der Waals surface area contributed by atoms with Gasteiger partial charge in [0, 0.05) is 16.6 Å². The first kappa shape index (κ1) is 16.1. The maximum Gasteiger partial charge on any atom is 0.243 e. The third kappa shape index (κ3) is 3.89. The van der Waals surface area contributed by atoms with Crippen LogP contribution in [0.1, 0.15) is 25.8 Å². The van der Waals surface area contributed by atoms with Gasteiger partial charge in [-0.25, -0.2) is 0 Å². The molecule has 0 radical (unpaired) electrons. The fourth-order valence-corrected chi connectivity index (χ4v) is 2.88. The summed E-state index contributed by atoms with van der Waals surface area (Å²) in [4.78, 5) is 25.8. The van der Waals surface area contributed by atoms with Gasteiger partial charge in [0.05, 0.1) is 6.54 Å². The zero-order valence-corrected chi connectivity index (χ0v) is 13.5. The number of carbonyl (C=O) groups is 2. The average molecular weight is 329 g/mol. The lowest BCUT2D eigenvalue weighted by Crippen LogP contribution is -2.58. The topological polar surface area (TPSA) is 49.4 Å². The van der Waals surface area contributed by atoms with Crippen LogP contribution in [0.3, 0.4) is 0 Å². The molecule has 2 rings (SSSR count). The van der Waals surface area contributed by atoms with Gasteiger partial charge in [0.1, 0.15) is 6.04 Å². The second-order valence-corrected chi connectivity index (χ2v) is 6.46. The van der Waals surface area contributed by atoms with Gasteiger partial charge >= 0.3 is 0 Å². The Kier molecular flexibility index (Phi) is 5.12. The third-order valence-electron chi connectivity index (χ3n) is 3.46. The van der Waals surface area contributed by atoms with Crippen molar-refractivity contribution in [1.29, 1.82) is 0 Å². The molecule has 1 unspecified atom stereocenters. The van der Waals surface area contributed by atoms with E-state index in [1.54, 1.807) is 23.1 Å². The lowest BCUT2D eigenvalue weighted by atomic mass is 9.99. The predicted molar refractivity (Wildman–Crippen MR) is 83.3 cm³/mol. The largest absolute Gasteiger partial charge is 0.345 e. The van der Waals surface area contributed by atoms with Gasteiger partial charge in [0.2, 0.25) is 11.8 Å². The van der Waals surface area contributed by atoms with E-state index in [0.29, 0.717) is 28.9 Å². The summed E-state index contributed by atoms with van der Waals surface area (Å²) in [5.41, 5.74) is 0.790. The third-order valence-corrected chi connectivity index (χ3v) is 4.05. The molecule has 0 spiro atoms. The summed E-state index contributed by atoms with van der Waals surface area (Å²) in [6.45, 7) is 4.41. The highest BCUT2D eigenvalue weighted by Gasteiger charge is 2.34. The Morgan fingerprint density at radius 1 is 1.33 bits per heavy atom. The van der Waals surface area contributed by atoms with Crippen LogP contribution >= 0.6 is 23.2 Å². The molecule has 0 aliphatic carbocycles. The standard InChI is InChI=1S/C15H18Cl2N2O2/c1-9(2)5-13-15(21)18-7-14(20)19(13)8-10-3-4-11(16)6-12(10)17/h3-4,6,9,13H,5,7-8H2,1-2H3,(H,18,21). The van der Waals surface area contributed by atoms with Gasteiger partial charge < -0.3 is 10.2 Å². The van der Waals surface area contributed by atoms with E-state index in [4.69, 9.17) is 23.2 Å². The van der Waals surface area contributed by atoms with Crippen molar-refractivity contribution in [3.63, 3.8) is 0 Å². The Morgan fingerprint density at radius 3 is 2.67 bits per heavy atom. The van der Waals surface area contributed by atoms with E-state index in [0.717, 1.165) is 5.56 Å². The Labute approximate surface area is 134 Å². The molecule has 1 saturated heterocycles. The van der Waals surface area contributed by atoms with Crippen molar-refractivity contribution < 1.29 is 9.59 Å². The first-order valence-electron chi connectivity index (χ1n) is 6.89. The maximum atomic E-state index is 12.2. The Bertz CT molecular complexity index is 561. The summed E-state index contributed by atoms with van der Waals surface area (Å²) in [6, 6.07) is 4.72. The van der Waals surface area contributed by atoms with Gasteiger partial charge in [-0.05, 0) is 30.0 Å². The minimum atomic E-state index is -0.446. The number of hydrogen-bond donors (Lipinski definition) is 1. The number of hydrogen-bond acceptors (Lipinski definition) is 2. The van der Waals surface area contributed by atoms with Crippen LogP contribution in [0.5, 0.6) is 0 Å². The molecular weight excluding hydrogens is 311 g/mol. The molecule has 1 N–H and O–H groups in total. The molecule has 2 amide bonds. The quantitative estimate of drug-likeness (QED) is 0.923. The molecule has 1 aliphatic rings. The van der Waals surface area contributed by atoms with Crippen molar-refractivity contribution in [1.82, 2.24) is 10.2 Å². The highest BCUT2D eigenvalue weighted by atomic mass is 35.5. The van der Waals surface area contributed by atoms with E-state index in [1.165, 1.54) is 0 Å². The number of halogens is 2. The zero-order chi connectivity index (χ0) is 15.6. The van der Waals surface area contributed by atoms with Crippen molar-refractivity contribution in [2.75, 3.05) is 6.54 Å². The molecule has 0 bridgehead atoms. The molecule has 0 saturated carbocycles. The molecule has 4 nitrogen and oxygen atoms in total. The van der Waals surface area contributed by atoms with Crippen LogP contribution in [-0.4, -0.2) is 29.3 Å². The minimum absolute atomic E-state index is 0.0403. The summed E-state index contributed by atoms with van der Waals surface area (Å²) in [5, 5.41) is 3.69. The van der Waals surface area contributed by atoms with Crippen LogP contribution in [0.4, 0.5) is 0 Å². The van der Waals surface area contributed by atoms with Crippen LogP contribution in [0.2, 0.25) is 10.0 Å². The number of carbonyl (C=O) groups excluding carboxylic acids is 2. The summed E-state index contributed by atoms with van der Waals surface area (Å²) in [7, 11) is 0. The zero-order valence-electron chi connectivity index (χ0n) is 12.0. The van der Waals surface area contributed by atoms with Crippen molar-refractivity contribution in [2.45, 2.75) is 32.9 Å². The number of amides is 2. The molecule has 1 fully saturated rings. The highest BCUT2D eigenvalue weighted by molar-refractivity contribution is 6.35. The Balaban J connectivity index is 2.24. The highest BCUT2D eigenvalue weighted by Crippen LogP contribution is 2.25. The molecule has 1 aromatic carbocycles. The van der Waals surface area contributed by atoms with Crippen LogP contribution in [-0.2, 0) is 16.1 Å². The van der Waals surface area contributed by atoms with E-state index in [9.17, 15) is 9.59 Å². The summed E-state index contributed by atoms with van der Waals surface area (Å²) >= 11 is 12.0. The minimum Gasteiger partial charge on any atom is -0.345 e. The molecule has 114 valence electrons. The molecule has 1 atom stereocenters. The summed E-state index contributed by atoms with van der Waals surface area (Å²) < 4.78 is 0. The smallest absolute Gasteiger partial charge is 0.243 e. The molecule has 1 aliphatic heterocycles. The first-order chi connectivity index (χ1) is 9.88. The monoisotopic (exact) mass is 328 g/mol. The second-order valence-electron chi connectivity index (χ2n) is 5.62. The average Bonchev–Trinajstić information content (AvgIpc) is 2.40. The van der Waals surface area contributed by atoms with Crippen LogP contribution in [0.25, 0.3) is 0 Å². The molecule has 6 heteroatoms. The second kappa shape index (κ2) is 6.67. The van der Waals surface area contributed by atoms with E-state index in [1.807, 2.05) is 13.8 Å². The van der Waals surface area contributed by atoms with Crippen LogP contribution in [0, 0.1) is 5.92 Å². The van der Waals surface area contributed by atoms with Gasteiger partial charge in [0.25, 0.3) is 0 Å². The van der Waals surface area contributed by atoms with Crippen LogP contribution < -0.4 is 5.32 Å². The van der Waals surface area contributed by atoms with E-state index >= 15 is 0 Å². The summed E-state index contributed by atoms with van der Waals surface area (Å²) in [6.07, 6.45) is 0.628. The van der Waals surface area contributed by atoms with Crippen LogP contribution in [0.15, 0.2) is 18.2 Å². The Hall–Kier alpha value is -1.26. The van der Waals surface area contributed by atoms with E-state index in [2.05, 4.69) is 5.32 Å². The van der Waals surface area contributed by atoms with Gasteiger partial charge in [-0.15, -0.1) is 0 Å². The SMILES string of the molecule is CC(C)CC1C(=O)NCC(=O)N1Cc1ccc(Cl)cc1Cl. The maximum absolute atomic E-state index is 12.2. The lowest BCUT2D eigenvalue weighted by Gasteiger charge is -2.36.